The zero-order valence-corrected chi connectivity index (χ0v) is 13.8. The fourth-order valence-corrected chi connectivity index (χ4v) is 3.49. The van der Waals surface area contributed by atoms with Gasteiger partial charge in [0.05, 0.1) is 6.26 Å². The van der Waals surface area contributed by atoms with Crippen molar-refractivity contribution in [3.63, 3.8) is 0 Å². The summed E-state index contributed by atoms with van der Waals surface area (Å²) in [6.07, 6.45) is 3.94. The molecule has 2 aromatic rings. The third-order valence-electron chi connectivity index (χ3n) is 3.81. The Kier molecular flexibility index (Phi) is 4.76. The quantitative estimate of drug-likeness (QED) is 0.824. The molecule has 0 saturated carbocycles. The van der Waals surface area contributed by atoms with Gasteiger partial charge in [0.15, 0.2) is 10.8 Å². The second kappa shape index (κ2) is 6.95. The van der Waals surface area contributed by atoms with Crippen LogP contribution < -0.4 is 5.32 Å². The molecule has 0 aliphatic carbocycles. The lowest BCUT2D eigenvalue weighted by molar-refractivity contribution is -0.127. The number of rotatable bonds is 6. The van der Waals surface area contributed by atoms with Gasteiger partial charge in [0.25, 0.3) is 5.91 Å². The van der Waals surface area contributed by atoms with Gasteiger partial charge in [-0.3, -0.25) is 9.59 Å². The number of likely N-dealkylation sites (tertiary alicyclic amines) is 1. The van der Waals surface area contributed by atoms with Crippen molar-refractivity contribution in [2.24, 2.45) is 0 Å². The molecule has 3 heterocycles. The van der Waals surface area contributed by atoms with E-state index in [0.717, 1.165) is 24.3 Å². The largest absolute Gasteiger partial charge is 0.462 e. The van der Waals surface area contributed by atoms with E-state index >= 15 is 0 Å². The Labute approximate surface area is 138 Å². The van der Waals surface area contributed by atoms with Crippen LogP contribution in [-0.4, -0.2) is 41.3 Å². The second-order valence-corrected chi connectivity index (χ2v) is 6.70. The number of furan rings is 1. The summed E-state index contributed by atoms with van der Waals surface area (Å²) in [6.45, 7) is 3.95. The minimum Gasteiger partial charge on any atom is -0.462 e. The fourth-order valence-electron chi connectivity index (χ4n) is 2.61. The smallest absolute Gasteiger partial charge is 0.271 e. The van der Waals surface area contributed by atoms with Crippen LogP contribution in [0.4, 0.5) is 0 Å². The molecule has 7 heteroatoms. The summed E-state index contributed by atoms with van der Waals surface area (Å²) in [5.74, 6) is 0.712. The van der Waals surface area contributed by atoms with E-state index < -0.39 is 0 Å². The normalized spacial score (nSPS) is 14.5. The number of carbonyl (C=O) groups is 2. The molecule has 122 valence electrons. The highest BCUT2D eigenvalue weighted by Gasteiger charge is 2.20. The van der Waals surface area contributed by atoms with Gasteiger partial charge < -0.3 is 14.6 Å². The van der Waals surface area contributed by atoms with Crippen molar-refractivity contribution in [3.05, 3.63) is 29.0 Å². The zero-order chi connectivity index (χ0) is 16.2. The first-order valence-corrected chi connectivity index (χ1v) is 8.54. The van der Waals surface area contributed by atoms with Crippen molar-refractivity contribution in [3.8, 4) is 10.8 Å². The molecular formula is C16H19N3O3S. The van der Waals surface area contributed by atoms with Crippen LogP contribution in [0.3, 0.4) is 0 Å². The Morgan fingerprint density at radius 1 is 1.52 bits per heavy atom. The summed E-state index contributed by atoms with van der Waals surface area (Å²) in [4.78, 5) is 30.8. The Morgan fingerprint density at radius 2 is 2.39 bits per heavy atom. The molecule has 23 heavy (non-hydrogen) atoms. The SMILES string of the molecule is Cc1sc(-c2ccco2)nc1C(=O)NCCCN1CCCC1=O. The van der Waals surface area contributed by atoms with Crippen molar-refractivity contribution in [1.29, 1.82) is 0 Å². The van der Waals surface area contributed by atoms with E-state index in [-0.39, 0.29) is 11.8 Å². The number of hydrogen-bond acceptors (Lipinski definition) is 5. The molecule has 2 amide bonds. The molecule has 0 unspecified atom stereocenters. The average Bonchev–Trinajstić information content (AvgIpc) is 3.24. The number of hydrogen-bond donors (Lipinski definition) is 1. The van der Waals surface area contributed by atoms with E-state index in [1.165, 1.54) is 11.3 Å². The van der Waals surface area contributed by atoms with Gasteiger partial charge in [-0.25, -0.2) is 4.98 Å². The van der Waals surface area contributed by atoms with Gasteiger partial charge in [0.1, 0.15) is 5.69 Å². The summed E-state index contributed by atoms with van der Waals surface area (Å²) >= 11 is 1.44. The number of amides is 2. The first-order valence-electron chi connectivity index (χ1n) is 7.72. The summed E-state index contributed by atoms with van der Waals surface area (Å²) in [5.41, 5.74) is 0.443. The van der Waals surface area contributed by atoms with Crippen molar-refractivity contribution in [1.82, 2.24) is 15.2 Å². The molecule has 0 bridgehead atoms. The molecule has 1 saturated heterocycles. The summed E-state index contributed by atoms with van der Waals surface area (Å²) in [5, 5.41) is 3.58. The zero-order valence-electron chi connectivity index (χ0n) is 13.0. The maximum atomic E-state index is 12.2. The molecule has 0 spiro atoms. The molecule has 2 aromatic heterocycles. The molecule has 6 nitrogen and oxygen atoms in total. The Morgan fingerprint density at radius 3 is 3.09 bits per heavy atom. The van der Waals surface area contributed by atoms with Crippen molar-refractivity contribution in [2.45, 2.75) is 26.2 Å². The van der Waals surface area contributed by atoms with Crippen molar-refractivity contribution >= 4 is 23.2 Å². The van der Waals surface area contributed by atoms with Crippen LogP contribution in [0.25, 0.3) is 10.8 Å². The third kappa shape index (κ3) is 3.61. The maximum Gasteiger partial charge on any atom is 0.271 e. The first-order chi connectivity index (χ1) is 11.1. The number of thiazole rings is 1. The predicted octanol–water partition coefficient (Wildman–Crippen LogP) is 2.45. The molecule has 1 aliphatic heterocycles. The average molecular weight is 333 g/mol. The van der Waals surface area contributed by atoms with E-state index in [0.29, 0.717) is 36.0 Å². The Hall–Kier alpha value is -2.15. The van der Waals surface area contributed by atoms with E-state index in [9.17, 15) is 9.59 Å². The van der Waals surface area contributed by atoms with Crippen molar-refractivity contribution in [2.75, 3.05) is 19.6 Å². The Balaban J connectivity index is 1.51. The monoisotopic (exact) mass is 333 g/mol. The number of aromatic nitrogens is 1. The van der Waals surface area contributed by atoms with Crippen LogP contribution in [0.5, 0.6) is 0 Å². The van der Waals surface area contributed by atoms with Crippen molar-refractivity contribution < 1.29 is 14.0 Å². The third-order valence-corrected chi connectivity index (χ3v) is 4.79. The second-order valence-electron chi connectivity index (χ2n) is 5.49. The Bertz CT molecular complexity index is 693. The minimum atomic E-state index is -0.177. The summed E-state index contributed by atoms with van der Waals surface area (Å²) in [7, 11) is 0. The van der Waals surface area contributed by atoms with E-state index in [1.807, 2.05) is 17.9 Å². The van der Waals surface area contributed by atoms with Gasteiger partial charge in [-0.05, 0) is 31.9 Å². The molecule has 0 radical (unpaired) electrons. The molecule has 1 fully saturated rings. The molecule has 1 N–H and O–H groups in total. The topological polar surface area (TPSA) is 75.4 Å². The number of nitrogens with one attached hydrogen (secondary N) is 1. The lowest BCUT2D eigenvalue weighted by Gasteiger charge is -2.15. The summed E-state index contributed by atoms with van der Waals surface area (Å²) in [6, 6.07) is 3.62. The molecular weight excluding hydrogens is 314 g/mol. The van der Waals surface area contributed by atoms with Crippen LogP contribution >= 0.6 is 11.3 Å². The molecule has 3 rings (SSSR count). The highest BCUT2D eigenvalue weighted by Crippen LogP contribution is 2.27. The van der Waals surface area contributed by atoms with Gasteiger partial charge in [-0.1, -0.05) is 0 Å². The molecule has 0 aromatic carbocycles. The van der Waals surface area contributed by atoms with Crippen LogP contribution in [0, 0.1) is 6.92 Å². The van der Waals surface area contributed by atoms with Crippen LogP contribution in [0.15, 0.2) is 22.8 Å². The maximum absolute atomic E-state index is 12.2. The van der Waals surface area contributed by atoms with E-state index in [2.05, 4.69) is 10.3 Å². The number of carbonyl (C=O) groups excluding carboxylic acids is 2. The van der Waals surface area contributed by atoms with E-state index in [1.54, 1.807) is 12.3 Å². The van der Waals surface area contributed by atoms with E-state index in [4.69, 9.17) is 4.42 Å². The summed E-state index contributed by atoms with van der Waals surface area (Å²) < 4.78 is 5.31. The van der Waals surface area contributed by atoms with Gasteiger partial charge >= 0.3 is 0 Å². The molecule has 0 atom stereocenters. The van der Waals surface area contributed by atoms with Gasteiger partial charge in [-0.2, -0.15) is 0 Å². The highest BCUT2D eigenvalue weighted by molar-refractivity contribution is 7.15. The first kappa shape index (κ1) is 15.7. The fraction of sp³-hybridized carbons (Fsp3) is 0.438. The lowest BCUT2D eigenvalue weighted by atomic mass is 10.3. The number of nitrogens with zero attached hydrogens (tertiary/aromatic N) is 2. The minimum absolute atomic E-state index is 0.177. The van der Waals surface area contributed by atoms with Gasteiger partial charge in [-0.15, -0.1) is 11.3 Å². The van der Waals surface area contributed by atoms with Gasteiger partial charge in [0.2, 0.25) is 5.91 Å². The highest BCUT2D eigenvalue weighted by atomic mass is 32.1. The van der Waals surface area contributed by atoms with Crippen LogP contribution in [0.2, 0.25) is 0 Å². The van der Waals surface area contributed by atoms with Crippen LogP contribution in [0.1, 0.15) is 34.6 Å². The standard InChI is InChI=1S/C16H19N3O3S/c1-11-14(18-16(23-11)12-5-3-10-22-12)15(21)17-7-4-9-19-8-2-6-13(19)20/h3,5,10H,2,4,6-9H2,1H3,(H,17,21). The van der Waals surface area contributed by atoms with Crippen LogP contribution in [-0.2, 0) is 4.79 Å². The molecule has 1 aliphatic rings. The lowest BCUT2D eigenvalue weighted by Crippen LogP contribution is -2.31. The number of aryl methyl sites for hydroxylation is 1. The van der Waals surface area contributed by atoms with Gasteiger partial charge in [0, 0.05) is 30.9 Å². The predicted molar refractivity (Wildman–Crippen MR) is 87.3 cm³/mol.